The second-order valence-electron chi connectivity index (χ2n) is 6.08. The van der Waals surface area contributed by atoms with E-state index in [1.807, 2.05) is 26.0 Å². The first kappa shape index (κ1) is 21.6. The summed E-state index contributed by atoms with van der Waals surface area (Å²) in [5, 5.41) is 5.99. The molecule has 0 atom stereocenters. The maximum Gasteiger partial charge on any atom is 0.319 e. The number of nitrogens with one attached hydrogen (secondary N) is 4. The number of urea groups is 1. The average Bonchev–Trinajstić information content (AvgIpc) is 2.65. The number of amides is 4. The van der Waals surface area contributed by atoms with Crippen molar-refractivity contribution in [3.63, 3.8) is 0 Å². The third kappa shape index (κ3) is 7.50. The number of carbonyl (C=O) groups excluding carboxylic acids is 3. The first-order chi connectivity index (χ1) is 13.3. The van der Waals surface area contributed by atoms with Crippen molar-refractivity contribution in [3.05, 3.63) is 59.1 Å². The molecule has 7 nitrogen and oxygen atoms in total. The minimum atomic E-state index is -0.456. The molecule has 0 radical (unpaired) electrons. The van der Waals surface area contributed by atoms with E-state index in [4.69, 9.17) is 11.6 Å². The number of hydrogen-bond acceptors (Lipinski definition) is 4. The van der Waals surface area contributed by atoms with Crippen molar-refractivity contribution in [2.24, 2.45) is 0 Å². The molecule has 9 heteroatoms. The van der Waals surface area contributed by atoms with Gasteiger partial charge < -0.3 is 10.6 Å². The summed E-state index contributed by atoms with van der Waals surface area (Å²) in [4.78, 5) is 36.5. The Labute approximate surface area is 172 Å². The Bertz CT molecular complexity index is 826. The van der Waals surface area contributed by atoms with Gasteiger partial charge in [-0.05, 0) is 62.4 Å². The van der Waals surface area contributed by atoms with Gasteiger partial charge in [0.05, 0.1) is 5.75 Å². The SMILES string of the molecule is CC(C)NC(=O)Nc1ccc(C(=O)NNC(=O)CSc2ccc(Cl)cc2)cc1. The largest absolute Gasteiger partial charge is 0.336 e. The highest BCUT2D eigenvalue weighted by Gasteiger charge is 2.09. The molecule has 28 heavy (non-hydrogen) atoms. The van der Waals surface area contributed by atoms with Crippen molar-refractivity contribution in [1.29, 1.82) is 0 Å². The summed E-state index contributed by atoms with van der Waals surface area (Å²) in [5.41, 5.74) is 5.63. The van der Waals surface area contributed by atoms with Gasteiger partial charge in [0.25, 0.3) is 5.91 Å². The highest BCUT2D eigenvalue weighted by molar-refractivity contribution is 8.00. The minimum Gasteiger partial charge on any atom is -0.336 e. The summed E-state index contributed by atoms with van der Waals surface area (Å²) >= 11 is 7.14. The summed E-state index contributed by atoms with van der Waals surface area (Å²) in [5.74, 6) is -0.643. The lowest BCUT2D eigenvalue weighted by atomic mass is 10.2. The molecular formula is C19H21ClN4O3S. The molecule has 0 aromatic heterocycles. The van der Waals surface area contributed by atoms with Crippen molar-refractivity contribution in [2.75, 3.05) is 11.1 Å². The molecular weight excluding hydrogens is 400 g/mol. The molecule has 0 aliphatic heterocycles. The maximum atomic E-state index is 12.1. The van der Waals surface area contributed by atoms with Crippen LogP contribution in [0.3, 0.4) is 0 Å². The molecule has 0 unspecified atom stereocenters. The highest BCUT2D eigenvalue weighted by atomic mass is 35.5. The van der Waals surface area contributed by atoms with E-state index in [2.05, 4.69) is 21.5 Å². The van der Waals surface area contributed by atoms with Crippen LogP contribution in [0.15, 0.2) is 53.4 Å². The fourth-order valence-electron chi connectivity index (χ4n) is 2.05. The Kier molecular flexibility index (Phi) is 8.16. The predicted molar refractivity (Wildman–Crippen MR) is 112 cm³/mol. The van der Waals surface area contributed by atoms with E-state index in [1.54, 1.807) is 36.4 Å². The van der Waals surface area contributed by atoms with Crippen LogP contribution in [-0.2, 0) is 4.79 Å². The van der Waals surface area contributed by atoms with Gasteiger partial charge >= 0.3 is 6.03 Å². The van der Waals surface area contributed by atoms with Crippen LogP contribution >= 0.6 is 23.4 Å². The molecule has 0 aliphatic rings. The number of thioether (sulfide) groups is 1. The third-order valence-corrected chi connectivity index (χ3v) is 4.59. The Morgan fingerprint density at radius 2 is 1.61 bits per heavy atom. The molecule has 0 aliphatic carbocycles. The van der Waals surface area contributed by atoms with Crippen LogP contribution in [0, 0.1) is 0 Å². The lowest BCUT2D eigenvalue weighted by molar-refractivity contribution is -0.119. The van der Waals surface area contributed by atoms with Crippen molar-refractivity contribution >= 4 is 46.9 Å². The molecule has 0 spiro atoms. The number of carbonyl (C=O) groups is 3. The van der Waals surface area contributed by atoms with Gasteiger partial charge in [-0.3, -0.25) is 20.4 Å². The fourth-order valence-corrected chi connectivity index (χ4v) is 2.87. The van der Waals surface area contributed by atoms with Gasteiger partial charge in [0.15, 0.2) is 0 Å². The quantitative estimate of drug-likeness (QED) is 0.425. The normalized spacial score (nSPS) is 10.3. The fraction of sp³-hybridized carbons (Fsp3) is 0.211. The zero-order chi connectivity index (χ0) is 20.5. The van der Waals surface area contributed by atoms with Crippen molar-refractivity contribution < 1.29 is 14.4 Å². The van der Waals surface area contributed by atoms with E-state index in [-0.39, 0.29) is 23.7 Å². The van der Waals surface area contributed by atoms with E-state index in [0.717, 1.165) is 4.90 Å². The van der Waals surface area contributed by atoms with Gasteiger partial charge in [0.1, 0.15) is 0 Å². The molecule has 2 aromatic rings. The molecule has 4 amide bonds. The molecule has 2 aromatic carbocycles. The maximum absolute atomic E-state index is 12.1. The summed E-state index contributed by atoms with van der Waals surface area (Å²) in [6.07, 6.45) is 0. The third-order valence-electron chi connectivity index (χ3n) is 3.32. The summed E-state index contributed by atoms with van der Waals surface area (Å²) in [6.45, 7) is 3.71. The zero-order valence-electron chi connectivity index (χ0n) is 15.4. The van der Waals surface area contributed by atoms with Crippen molar-refractivity contribution in [3.8, 4) is 0 Å². The average molecular weight is 421 g/mol. The van der Waals surface area contributed by atoms with Crippen LogP contribution in [-0.4, -0.2) is 29.6 Å². The number of hydrazine groups is 1. The van der Waals surface area contributed by atoms with E-state index < -0.39 is 5.91 Å². The summed E-state index contributed by atoms with van der Waals surface area (Å²) < 4.78 is 0. The summed E-state index contributed by atoms with van der Waals surface area (Å²) in [7, 11) is 0. The van der Waals surface area contributed by atoms with Crippen LogP contribution in [0.25, 0.3) is 0 Å². The molecule has 0 saturated carbocycles. The van der Waals surface area contributed by atoms with Gasteiger partial charge in [-0.25, -0.2) is 4.79 Å². The number of halogens is 1. The van der Waals surface area contributed by atoms with Crippen LogP contribution < -0.4 is 21.5 Å². The number of hydrogen-bond donors (Lipinski definition) is 4. The van der Waals surface area contributed by atoms with Crippen LogP contribution in [0.4, 0.5) is 10.5 Å². The van der Waals surface area contributed by atoms with Crippen LogP contribution in [0.1, 0.15) is 24.2 Å². The highest BCUT2D eigenvalue weighted by Crippen LogP contribution is 2.19. The Balaban J connectivity index is 1.76. The van der Waals surface area contributed by atoms with E-state index in [9.17, 15) is 14.4 Å². The minimum absolute atomic E-state index is 0.0199. The topological polar surface area (TPSA) is 99.3 Å². The van der Waals surface area contributed by atoms with Gasteiger partial charge in [-0.15, -0.1) is 11.8 Å². The first-order valence-corrected chi connectivity index (χ1v) is 9.85. The molecule has 0 heterocycles. The Hall–Kier alpha value is -2.71. The predicted octanol–water partition coefficient (Wildman–Crippen LogP) is 3.42. The van der Waals surface area contributed by atoms with Gasteiger partial charge in [0.2, 0.25) is 5.91 Å². The first-order valence-electron chi connectivity index (χ1n) is 8.48. The van der Waals surface area contributed by atoms with Gasteiger partial charge in [-0.2, -0.15) is 0 Å². The standard InChI is InChI=1S/C19H21ClN4O3S/c1-12(2)21-19(27)22-15-7-3-13(4-8-15)18(26)24-23-17(25)11-28-16-9-5-14(20)6-10-16/h3-10,12H,11H2,1-2H3,(H,23,25)(H,24,26)(H2,21,22,27). The van der Waals surface area contributed by atoms with E-state index in [0.29, 0.717) is 16.3 Å². The molecule has 0 saturated heterocycles. The van der Waals surface area contributed by atoms with Crippen molar-refractivity contribution in [2.45, 2.75) is 24.8 Å². The smallest absolute Gasteiger partial charge is 0.319 e. The molecule has 2 rings (SSSR count). The van der Waals surface area contributed by atoms with Crippen molar-refractivity contribution in [1.82, 2.24) is 16.2 Å². The summed E-state index contributed by atoms with van der Waals surface area (Å²) in [6, 6.07) is 13.1. The van der Waals surface area contributed by atoms with Gasteiger partial charge in [0, 0.05) is 27.2 Å². The monoisotopic (exact) mass is 420 g/mol. The lowest BCUT2D eigenvalue weighted by Crippen LogP contribution is -2.42. The Morgan fingerprint density at radius 1 is 0.964 bits per heavy atom. The number of anilines is 1. The molecule has 148 valence electrons. The van der Waals surface area contributed by atoms with E-state index in [1.165, 1.54) is 11.8 Å². The molecule has 0 fully saturated rings. The second kappa shape index (κ2) is 10.6. The lowest BCUT2D eigenvalue weighted by Gasteiger charge is -2.11. The molecule has 4 N–H and O–H groups in total. The van der Waals surface area contributed by atoms with E-state index >= 15 is 0 Å². The van der Waals surface area contributed by atoms with Gasteiger partial charge in [-0.1, -0.05) is 11.6 Å². The molecule has 0 bridgehead atoms. The van der Waals surface area contributed by atoms with Crippen LogP contribution in [0.5, 0.6) is 0 Å². The second-order valence-corrected chi connectivity index (χ2v) is 7.56. The zero-order valence-corrected chi connectivity index (χ0v) is 17.0. The number of benzene rings is 2. The Morgan fingerprint density at radius 3 is 2.21 bits per heavy atom. The number of rotatable bonds is 6. The van der Waals surface area contributed by atoms with Crippen LogP contribution in [0.2, 0.25) is 5.02 Å².